The summed E-state index contributed by atoms with van der Waals surface area (Å²) >= 11 is 0. The van der Waals surface area contributed by atoms with Crippen molar-refractivity contribution in [1.29, 1.82) is 0 Å². The molecule has 0 fully saturated rings. The molecular weight excluding hydrogens is 244 g/mol. The van der Waals surface area contributed by atoms with Gasteiger partial charge in [0.05, 0.1) is 6.04 Å². The van der Waals surface area contributed by atoms with Gasteiger partial charge in [0, 0.05) is 27.8 Å². The van der Waals surface area contributed by atoms with Crippen LogP contribution in [0.5, 0.6) is 0 Å². The Morgan fingerprint density at radius 2 is 1.85 bits per heavy atom. The molecule has 2 N–H and O–H groups in total. The van der Waals surface area contributed by atoms with Crippen LogP contribution in [0.3, 0.4) is 0 Å². The molecule has 0 bridgehead atoms. The Balaban J connectivity index is 1.85. The molecule has 0 unspecified atom stereocenters. The lowest BCUT2D eigenvalue weighted by atomic mass is 9.99. The van der Waals surface area contributed by atoms with Gasteiger partial charge in [-0.1, -0.05) is 36.4 Å². The fourth-order valence-corrected chi connectivity index (χ4v) is 3.44. The summed E-state index contributed by atoms with van der Waals surface area (Å²) in [4.78, 5) is 3.56. The van der Waals surface area contributed by atoms with Crippen LogP contribution in [0.15, 0.2) is 42.5 Å². The number of nitrogens with one attached hydrogen (secondary N) is 2. The minimum atomic E-state index is 0.378. The molecule has 1 aromatic heterocycles. The summed E-state index contributed by atoms with van der Waals surface area (Å²) in [6, 6.07) is 15.5. The van der Waals surface area contributed by atoms with Crippen molar-refractivity contribution in [3.05, 3.63) is 64.8 Å². The van der Waals surface area contributed by atoms with E-state index in [9.17, 15) is 0 Å². The molecular formula is C18H18N2. The first-order valence-electron chi connectivity index (χ1n) is 7.16. The maximum absolute atomic E-state index is 3.67. The van der Waals surface area contributed by atoms with Crippen LogP contribution in [0.2, 0.25) is 0 Å². The molecule has 2 heterocycles. The third-order valence-corrected chi connectivity index (χ3v) is 4.40. The Labute approximate surface area is 118 Å². The standard InChI is InChI=1S/C18H18N2/c1-11-6-5-8-14-17(12(2)19-18(11)14)16-10-13-7-3-4-9-15(13)20-16/h3-9,16,19-20H,10H2,1-2H3/t16-/m0/s1. The number of fused-ring (bicyclic) bond motifs is 2. The van der Waals surface area contributed by atoms with E-state index in [0.29, 0.717) is 6.04 Å². The van der Waals surface area contributed by atoms with Crippen LogP contribution in [0.25, 0.3) is 10.9 Å². The normalized spacial score (nSPS) is 17.2. The molecule has 2 nitrogen and oxygen atoms in total. The number of hydrogen-bond acceptors (Lipinski definition) is 1. The smallest absolute Gasteiger partial charge is 0.0578 e. The van der Waals surface area contributed by atoms with Crippen LogP contribution in [-0.2, 0) is 6.42 Å². The molecule has 1 aliphatic heterocycles. The zero-order chi connectivity index (χ0) is 13.7. The van der Waals surface area contributed by atoms with Crippen molar-refractivity contribution in [3.8, 4) is 0 Å². The third-order valence-electron chi connectivity index (χ3n) is 4.40. The van der Waals surface area contributed by atoms with Gasteiger partial charge in [0.15, 0.2) is 0 Å². The predicted octanol–water partition coefficient (Wildman–Crippen LogP) is 4.49. The van der Waals surface area contributed by atoms with Crippen molar-refractivity contribution in [1.82, 2.24) is 4.98 Å². The number of hydrogen-bond donors (Lipinski definition) is 2. The molecule has 3 aromatic rings. The van der Waals surface area contributed by atoms with Crippen LogP contribution in [0, 0.1) is 13.8 Å². The van der Waals surface area contributed by atoms with Crippen LogP contribution in [-0.4, -0.2) is 4.98 Å². The van der Waals surface area contributed by atoms with Gasteiger partial charge in [-0.05, 0) is 37.5 Å². The number of para-hydroxylation sites is 2. The van der Waals surface area contributed by atoms with E-state index in [1.807, 2.05) is 0 Å². The molecule has 2 aromatic carbocycles. The largest absolute Gasteiger partial charge is 0.378 e. The highest BCUT2D eigenvalue weighted by Crippen LogP contribution is 2.38. The summed E-state index contributed by atoms with van der Waals surface area (Å²) in [7, 11) is 0. The van der Waals surface area contributed by atoms with Crippen molar-refractivity contribution < 1.29 is 0 Å². The summed E-state index contributed by atoms with van der Waals surface area (Å²) in [5.41, 5.74) is 7.97. The number of aromatic amines is 1. The number of benzene rings is 2. The molecule has 0 amide bonds. The number of aromatic nitrogens is 1. The topological polar surface area (TPSA) is 27.8 Å². The maximum atomic E-state index is 3.67. The lowest BCUT2D eigenvalue weighted by molar-refractivity contribution is 0.822. The number of anilines is 1. The van der Waals surface area contributed by atoms with Crippen LogP contribution in [0.1, 0.15) is 28.4 Å². The zero-order valence-corrected chi connectivity index (χ0v) is 11.8. The van der Waals surface area contributed by atoms with E-state index in [2.05, 4.69) is 66.6 Å². The van der Waals surface area contributed by atoms with Crippen LogP contribution < -0.4 is 5.32 Å². The lowest BCUT2D eigenvalue weighted by Crippen LogP contribution is -2.06. The van der Waals surface area contributed by atoms with E-state index in [-0.39, 0.29) is 0 Å². The minimum absolute atomic E-state index is 0.378. The molecule has 4 rings (SSSR count). The third kappa shape index (κ3) is 1.58. The highest BCUT2D eigenvalue weighted by Gasteiger charge is 2.25. The highest BCUT2D eigenvalue weighted by molar-refractivity contribution is 5.88. The Bertz CT molecular complexity index is 773. The van der Waals surface area contributed by atoms with Crippen molar-refractivity contribution in [2.75, 3.05) is 5.32 Å². The first-order chi connectivity index (χ1) is 9.74. The maximum Gasteiger partial charge on any atom is 0.0578 e. The van der Waals surface area contributed by atoms with Crippen LogP contribution in [0.4, 0.5) is 5.69 Å². The quantitative estimate of drug-likeness (QED) is 0.664. The van der Waals surface area contributed by atoms with E-state index >= 15 is 0 Å². The molecule has 100 valence electrons. The van der Waals surface area contributed by atoms with E-state index in [1.54, 1.807) is 0 Å². The van der Waals surface area contributed by atoms with Gasteiger partial charge in [-0.2, -0.15) is 0 Å². The highest BCUT2D eigenvalue weighted by atomic mass is 15.0. The second kappa shape index (κ2) is 4.14. The molecule has 0 saturated carbocycles. The lowest BCUT2D eigenvalue weighted by Gasteiger charge is -2.12. The predicted molar refractivity (Wildman–Crippen MR) is 84.3 cm³/mol. The van der Waals surface area contributed by atoms with E-state index in [4.69, 9.17) is 0 Å². The van der Waals surface area contributed by atoms with Gasteiger partial charge in [0.1, 0.15) is 0 Å². The van der Waals surface area contributed by atoms with Gasteiger partial charge >= 0.3 is 0 Å². The van der Waals surface area contributed by atoms with Crippen molar-refractivity contribution in [2.45, 2.75) is 26.3 Å². The second-order valence-corrected chi connectivity index (χ2v) is 5.72. The molecule has 20 heavy (non-hydrogen) atoms. The monoisotopic (exact) mass is 262 g/mol. The average Bonchev–Trinajstić information content (AvgIpc) is 2.99. The minimum Gasteiger partial charge on any atom is -0.378 e. The Hall–Kier alpha value is -2.22. The summed E-state index contributed by atoms with van der Waals surface area (Å²) in [6.07, 6.45) is 1.07. The van der Waals surface area contributed by atoms with Gasteiger partial charge in [0.2, 0.25) is 0 Å². The SMILES string of the molecule is Cc1[nH]c2c(C)cccc2c1[C@@H]1Cc2ccccc2N1. The Morgan fingerprint density at radius 1 is 1.00 bits per heavy atom. The van der Waals surface area contributed by atoms with Gasteiger partial charge < -0.3 is 10.3 Å². The Morgan fingerprint density at radius 3 is 2.70 bits per heavy atom. The van der Waals surface area contributed by atoms with Gasteiger partial charge in [-0.3, -0.25) is 0 Å². The fourth-order valence-electron chi connectivity index (χ4n) is 3.44. The molecule has 0 aliphatic carbocycles. The number of aryl methyl sites for hydroxylation is 2. The van der Waals surface area contributed by atoms with Gasteiger partial charge in [0.25, 0.3) is 0 Å². The molecule has 2 heteroatoms. The van der Waals surface area contributed by atoms with Crippen molar-refractivity contribution >= 4 is 16.6 Å². The van der Waals surface area contributed by atoms with Gasteiger partial charge in [-0.15, -0.1) is 0 Å². The number of rotatable bonds is 1. The molecule has 0 spiro atoms. The summed E-state index contributed by atoms with van der Waals surface area (Å²) < 4.78 is 0. The summed E-state index contributed by atoms with van der Waals surface area (Å²) in [5.74, 6) is 0. The Kier molecular flexibility index (Phi) is 2.40. The summed E-state index contributed by atoms with van der Waals surface area (Å²) in [5, 5.41) is 5.02. The van der Waals surface area contributed by atoms with E-state index in [0.717, 1.165) is 6.42 Å². The van der Waals surface area contributed by atoms with E-state index < -0.39 is 0 Å². The van der Waals surface area contributed by atoms with Crippen molar-refractivity contribution in [3.63, 3.8) is 0 Å². The zero-order valence-electron chi connectivity index (χ0n) is 11.8. The summed E-state index contributed by atoms with van der Waals surface area (Å²) in [6.45, 7) is 4.35. The second-order valence-electron chi connectivity index (χ2n) is 5.72. The van der Waals surface area contributed by atoms with Crippen LogP contribution >= 0.6 is 0 Å². The first-order valence-corrected chi connectivity index (χ1v) is 7.16. The molecule has 0 radical (unpaired) electrons. The van der Waals surface area contributed by atoms with E-state index in [1.165, 1.54) is 39.0 Å². The molecule has 1 aliphatic rings. The average molecular weight is 262 g/mol. The van der Waals surface area contributed by atoms with Crippen molar-refractivity contribution in [2.24, 2.45) is 0 Å². The first kappa shape index (κ1) is 11.6. The number of H-pyrrole nitrogens is 1. The molecule has 0 saturated heterocycles. The molecule has 1 atom stereocenters. The van der Waals surface area contributed by atoms with Gasteiger partial charge in [-0.25, -0.2) is 0 Å². The fraction of sp³-hybridized carbons (Fsp3) is 0.222.